The first-order valence-corrected chi connectivity index (χ1v) is 9.53. The lowest BCUT2D eigenvalue weighted by atomic mass is 9.64. The summed E-state index contributed by atoms with van der Waals surface area (Å²) in [5.41, 5.74) is 1.23. The van der Waals surface area contributed by atoms with Crippen molar-refractivity contribution in [2.45, 2.75) is 31.6 Å². The number of hydrogen-bond acceptors (Lipinski definition) is 4. The minimum Gasteiger partial charge on any atom is -0.449 e. The Hall–Kier alpha value is -3.22. The molecular weight excluding hydrogens is 375 g/mol. The molecule has 2 heterocycles. The molecule has 2 atom stereocenters. The molecule has 150 valence electrons. The molecule has 2 aliphatic heterocycles. The van der Waals surface area contributed by atoms with Crippen molar-refractivity contribution >= 4 is 23.6 Å². The second-order valence-corrected chi connectivity index (χ2v) is 7.36. The molecular formula is C22H21FN2O4. The average molecular weight is 396 g/mol. The Labute approximate surface area is 167 Å². The Bertz CT molecular complexity index is 1020. The van der Waals surface area contributed by atoms with Crippen LogP contribution in [0.2, 0.25) is 0 Å². The van der Waals surface area contributed by atoms with E-state index in [4.69, 9.17) is 4.74 Å². The van der Waals surface area contributed by atoms with Crippen molar-refractivity contribution in [3.8, 4) is 0 Å². The molecule has 2 aromatic rings. The highest BCUT2D eigenvalue weighted by atomic mass is 19.1. The molecule has 6 nitrogen and oxygen atoms in total. The van der Waals surface area contributed by atoms with Crippen LogP contribution < -0.4 is 10.2 Å². The lowest BCUT2D eigenvalue weighted by molar-refractivity contribution is -0.129. The van der Waals surface area contributed by atoms with Gasteiger partial charge in [0.15, 0.2) is 0 Å². The number of para-hydroxylation sites is 1. The summed E-state index contributed by atoms with van der Waals surface area (Å²) in [5.74, 6) is -1.73. The molecule has 1 spiro atoms. The van der Waals surface area contributed by atoms with Crippen molar-refractivity contribution in [2.75, 3.05) is 18.1 Å². The van der Waals surface area contributed by atoms with Crippen molar-refractivity contribution in [3.63, 3.8) is 0 Å². The molecule has 0 aromatic heterocycles. The standard InChI is InChI=1S/C22H21FN2O4/c1-3-29-21(28)25-18-7-5-4-6-16(18)22(20(25)27)12-24-19(26)11-17(22)15-10-14(23)9-8-13(15)2/h4-10,17H,3,11-12H2,1-2H3,(H,24,26). The summed E-state index contributed by atoms with van der Waals surface area (Å²) in [7, 11) is 0. The summed E-state index contributed by atoms with van der Waals surface area (Å²) in [6.07, 6.45) is -0.741. The van der Waals surface area contributed by atoms with Crippen molar-refractivity contribution in [2.24, 2.45) is 0 Å². The first-order valence-electron chi connectivity index (χ1n) is 9.53. The highest BCUT2D eigenvalue weighted by Crippen LogP contribution is 2.52. The van der Waals surface area contributed by atoms with E-state index in [9.17, 15) is 18.8 Å². The normalized spacial score (nSPS) is 23.1. The van der Waals surface area contributed by atoms with Gasteiger partial charge in [-0.25, -0.2) is 14.1 Å². The largest absolute Gasteiger partial charge is 0.449 e. The molecule has 0 radical (unpaired) electrons. The molecule has 3 amide bonds. The molecule has 1 fully saturated rings. The number of nitrogens with one attached hydrogen (secondary N) is 1. The van der Waals surface area contributed by atoms with Gasteiger partial charge >= 0.3 is 6.09 Å². The van der Waals surface area contributed by atoms with Crippen molar-refractivity contribution < 1.29 is 23.5 Å². The Morgan fingerprint density at radius 1 is 1.28 bits per heavy atom. The van der Waals surface area contributed by atoms with E-state index in [1.807, 2.05) is 6.92 Å². The van der Waals surface area contributed by atoms with Gasteiger partial charge in [0.05, 0.1) is 12.3 Å². The van der Waals surface area contributed by atoms with Gasteiger partial charge in [0.2, 0.25) is 11.8 Å². The number of piperidine rings is 1. The van der Waals surface area contributed by atoms with Crippen LogP contribution in [0, 0.1) is 12.7 Å². The van der Waals surface area contributed by atoms with Crippen LogP contribution >= 0.6 is 0 Å². The summed E-state index contributed by atoms with van der Waals surface area (Å²) in [4.78, 5) is 39.7. The predicted molar refractivity (Wildman–Crippen MR) is 104 cm³/mol. The zero-order valence-corrected chi connectivity index (χ0v) is 16.2. The Morgan fingerprint density at radius 2 is 2.03 bits per heavy atom. The Balaban J connectivity index is 1.94. The molecule has 7 heteroatoms. The van der Waals surface area contributed by atoms with Crippen LogP contribution in [0.4, 0.5) is 14.9 Å². The van der Waals surface area contributed by atoms with Crippen molar-refractivity contribution in [1.29, 1.82) is 0 Å². The van der Waals surface area contributed by atoms with E-state index in [0.717, 1.165) is 10.5 Å². The van der Waals surface area contributed by atoms with Crippen LogP contribution in [0.5, 0.6) is 0 Å². The summed E-state index contributed by atoms with van der Waals surface area (Å²) in [6.45, 7) is 3.64. The van der Waals surface area contributed by atoms with Crippen LogP contribution in [0.3, 0.4) is 0 Å². The van der Waals surface area contributed by atoms with Crippen LogP contribution in [-0.2, 0) is 19.7 Å². The van der Waals surface area contributed by atoms with Crippen LogP contribution in [0.1, 0.15) is 36.0 Å². The second kappa shape index (κ2) is 6.99. The molecule has 1 saturated heterocycles. The van der Waals surface area contributed by atoms with Gasteiger partial charge < -0.3 is 10.1 Å². The van der Waals surface area contributed by atoms with E-state index in [-0.39, 0.29) is 25.5 Å². The van der Waals surface area contributed by atoms with E-state index < -0.39 is 29.2 Å². The highest BCUT2D eigenvalue weighted by Gasteiger charge is 2.60. The van der Waals surface area contributed by atoms with Gasteiger partial charge in [0.1, 0.15) is 11.2 Å². The molecule has 1 N–H and O–H groups in total. The fourth-order valence-electron chi connectivity index (χ4n) is 4.50. The minimum atomic E-state index is -1.21. The summed E-state index contributed by atoms with van der Waals surface area (Å²) in [6, 6.07) is 11.4. The third-order valence-electron chi connectivity index (χ3n) is 5.83. The summed E-state index contributed by atoms with van der Waals surface area (Å²) in [5, 5.41) is 2.78. The number of anilines is 1. The number of nitrogens with zero attached hydrogens (tertiary/aromatic N) is 1. The fourth-order valence-corrected chi connectivity index (χ4v) is 4.50. The third-order valence-corrected chi connectivity index (χ3v) is 5.83. The van der Waals surface area contributed by atoms with E-state index in [1.165, 1.54) is 12.1 Å². The van der Waals surface area contributed by atoms with Gasteiger partial charge in [-0.3, -0.25) is 9.59 Å². The highest BCUT2D eigenvalue weighted by molar-refractivity contribution is 6.22. The monoisotopic (exact) mass is 396 g/mol. The second-order valence-electron chi connectivity index (χ2n) is 7.36. The van der Waals surface area contributed by atoms with Gasteiger partial charge in [0, 0.05) is 18.9 Å². The SMILES string of the molecule is CCOC(=O)N1C(=O)C2(CNC(=O)CC2c2cc(F)ccc2C)c2ccccc21. The Kier molecular flexibility index (Phi) is 4.61. The zero-order valence-electron chi connectivity index (χ0n) is 16.2. The van der Waals surface area contributed by atoms with Crippen molar-refractivity contribution in [3.05, 3.63) is 65.0 Å². The van der Waals surface area contributed by atoms with Crippen LogP contribution in [0.25, 0.3) is 0 Å². The number of hydrogen-bond donors (Lipinski definition) is 1. The number of benzene rings is 2. The molecule has 2 aromatic carbocycles. The fraction of sp³-hybridized carbons (Fsp3) is 0.318. The third kappa shape index (κ3) is 2.80. The zero-order chi connectivity index (χ0) is 20.8. The van der Waals surface area contributed by atoms with E-state index in [0.29, 0.717) is 16.8 Å². The van der Waals surface area contributed by atoms with E-state index >= 15 is 0 Å². The first kappa shape index (κ1) is 19.1. The number of amides is 3. The average Bonchev–Trinajstić information content (AvgIpc) is 2.95. The number of halogens is 1. The lowest BCUT2D eigenvalue weighted by Gasteiger charge is -2.40. The van der Waals surface area contributed by atoms with Gasteiger partial charge in [-0.05, 0) is 48.7 Å². The molecule has 2 unspecified atom stereocenters. The maximum absolute atomic E-state index is 14.1. The Morgan fingerprint density at radius 3 is 2.79 bits per heavy atom. The minimum absolute atomic E-state index is 0.0149. The maximum atomic E-state index is 14.1. The number of carbonyl (C=O) groups is 3. The summed E-state index contributed by atoms with van der Waals surface area (Å²) < 4.78 is 19.2. The summed E-state index contributed by atoms with van der Waals surface area (Å²) >= 11 is 0. The van der Waals surface area contributed by atoms with E-state index in [1.54, 1.807) is 37.3 Å². The number of fused-ring (bicyclic) bond motifs is 2. The molecule has 0 aliphatic carbocycles. The smallest absolute Gasteiger partial charge is 0.421 e. The number of imide groups is 1. The maximum Gasteiger partial charge on any atom is 0.421 e. The molecule has 2 aliphatic rings. The predicted octanol–water partition coefficient (Wildman–Crippen LogP) is 3.18. The quantitative estimate of drug-likeness (QED) is 0.846. The van der Waals surface area contributed by atoms with E-state index in [2.05, 4.69) is 5.32 Å². The van der Waals surface area contributed by atoms with Gasteiger partial charge in [-0.2, -0.15) is 0 Å². The number of ether oxygens (including phenoxy) is 1. The van der Waals surface area contributed by atoms with Crippen LogP contribution in [0.15, 0.2) is 42.5 Å². The molecule has 4 rings (SSSR count). The van der Waals surface area contributed by atoms with Crippen LogP contribution in [-0.4, -0.2) is 31.1 Å². The lowest BCUT2D eigenvalue weighted by Crippen LogP contribution is -2.57. The van der Waals surface area contributed by atoms with Crippen molar-refractivity contribution in [1.82, 2.24) is 5.32 Å². The number of aryl methyl sites for hydroxylation is 1. The number of carbonyl (C=O) groups excluding carboxylic acids is 3. The first-order chi connectivity index (χ1) is 13.9. The van der Waals surface area contributed by atoms with Gasteiger partial charge in [0.25, 0.3) is 0 Å². The molecule has 29 heavy (non-hydrogen) atoms. The topological polar surface area (TPSA) is 75.7 Å². The molecule has 0 bridgehead atoms. The molecule has 0 saturated carbocycles. The van der Waals surface area contributed by atoms with Gasteiger partial charge in [-0.15, -0.1) is 0 Å². The van der Waals surface area contributed by atoms with Gasteiger partial charge in [-0.1, -0.05) is 24.3 Å². The number of rotatable bonds is 2.